The van der Waals surface area contributed by atoms with Gasteiger partial charge in [0.05, 0.1) is 0 Å². The molecule has 0 saturated carbocycles. The third kappa shape index (κ3) is 9.84. The van der Waals surface area contributed by atoms with Gasteiger partial charge in [0.2, 0.25) is 0 Å². The molecule has 0 aliphatic carbocycles. The van der Waals surface area contributed by atoms with E-state index in [0.29, 0.717) is 0 Å². The van der Waals surface area contributed by atoms with Crippen LogP contribution in [0.4, 0.5) is 0 Å². The van der Waals surface area contributed by atoms with Gasteiger partial charge >= 0.3 is 98.8 Å². The van der Waals surface area contributed by atoms with Crippen LogP contribution in [0.25, 0.3) is 0 Å². The first-order valence-corrected chi connectivity index (χ1v) is 3.50. The molecule has 0 amide bonds. The number of hydrogen-bond acceptors (Lipinski definition) is 2. The Balaban J connectivity index is 0. The SMILES string of the molecule is O=S(Cl)[O][Ir].[KH]. The van der Waals surface area contributed by atoms with Crippen LogP contribution < -0.4 is 0 Å². The van der Waals surface area contributed by atoms with E-state index in [-0.39, 0.29) is 51.4 Å². The van der Waals surface area contributed by atoms with Gasteiger partial charge in [-0.05, 0) is 0 Å². The molecular formula is HClIrKO2S. The molecule has 0 radical (unpaired) electrons. The molecule has 2 nitrogen and oxygen atoms in total. The molecular weight excluding hydrogens is 331 g/mol. The Labute approximate surface area is 96.5 Å². The molecule has 0 spiro atoms. The molecule has 0 bridgehead atoms. The van der Waals surface area contributed by atoms with Gasteiger partial charge in [-0.25, -0.2) is 0 Å². The standard InChI is InChI=1S/ClHO2S.Ir.K.H/c1-4(2)3;;;/h(H,2,3);;;/q;+1;;/p-1. The quantitative estimate of drug-likeness (QED) is 0.484. The molecule has 0 aromatic carbocycles. The van der Waals surface area contributed by atoms with Crippen LogP contribution in [0.5, 0.6) is 0 Å². The van der Waals surface area contributed by atoms with Crippen molar-refractivity contribution < 1.29 is 26.4 Å². The van der Waals surface area contributed by atoms with Crippen LogP contribution in [0.3, 0.4) is 0 Å². The Kier molecular flexibility index (Phi) is 14.7. The van der Waals surface area contributed by atoms with Crippen molar-refractivity contribution in [2.75, 3.05) is 0 Å². The maximum atomic E-state index is 9.47. The molecule has 0 aromatic rings. The van der Waals surface area contributed by atoms with E-state index >= 15 is 0 Å². The summed E-state index contributed by atoms with van der Waals surface area (Å²) >= 11 is 1.27. The molecule has 0 heterocycles. The van der Waals surface area contributed by atoms with E-state index in [0.717, 1.165) is 0 Å². The fourth-order valence-corrected chi connectivity index (χ4v) is 0. The Morgan fingerprint density at radius 1 is 1.83 bits per heavy atom. The zero-order chi connectivity index (χ0) is 4.28. The van der Waals surface area contributed by atoms with Crippen molar-refractivity contribution in [2.45, 2.75) is 0 Å². The average Bonchev–Trinajstić information content (AvgIpc) is 1.38. The van der Waals surface area contributed by atoms with E-state index in [2.05, 4.69) is 2.94 Å². The van der Waals surface area contributed by atoms with Crippen molar-refractivity contribution in [1.29, 1.82) is 0 Å². The maximum absolute atomic E-state index is 9.47. The molecule has 36 valence electrons. The fraction of sp³-hybridized carbons (Fsp3) is 0. The van der Waals surface area contributed by atoms with E-state index < -0.39 is 10.3 Å². The molecule has 0 fully saturated rings. The van der Waals surface area contributed by atoms with Gasteiger partial charge in [-0.1, -0.05) is 0 Å². The fourth-order valence-electron chi connectivity index (χ4n) is 0. The predicted molar refractivity (Wildman–Crippen MR) is 22.2 cm³/mol. The van der Waals surface area contributed by atoms with Crippen molar-refractivity contribution in [2.24, 2.45) is 0 Å². The first-order chi connectivity index (χ1) is 2.27. The minimum atomic E-state index is -1.60. The third-order valence-electron chi connectivity index (χ3n) is 0.0437. The van der Waals surface area contributed by atoms with Crippen LogP contribution in [0.2, 0.25) is 0 Å². The van der Waals surface area contributed by atoms with Crippen LogP contribution in [-0.4, -0.2) is 55.6 Å². The average molecular weight is 332 g/mol. The summed E-state index contributed by atoms with van der Waals surface area (Å²) in [6, 6.07) is 0. The van der Waals surface area contributed by atoms with Gasteiger partial charge < -0.3 is 0 Å². The summed E-state index contributed by atoms with van der Waals surface area (Å²) in [6.07, 6.45) is 0. The van der Waals surface area contributed by atoms with Crippen molar-refractivity contribution >= 4 is 72.4 Å². The van der Waals surface area contributed by atoms with Gasteiger partial charge in [-0.15, -0.1) is 0 Å². The summed E-state index contributed by atoms with van der Waals surface area (Å²) in [5.41, 5.74) is 0. The van der Waals surface area contributed by atoms with E-state index in [1.807, 2.05) is 0 Å². The Hall–Kier alpha value is 2.69. The van der Waals surface area contributed by atoms with Crippen LogP contribution in [-0.2, 0) is 32.5 Å². The van der Waals surface area contributed by atoms with Crippen LogP contribution in [0.15, 0.2) is 0 Å². The van der Waals surface area contributed by atoms with Crippen LogP contribution in [0, 0.1) is 0 Å². The molecule has 0 aliphatic rings. The molecule has 0 aromatic heterocycles. The predicted octanol–water partition coefficient (Wildman–Crippen LogP) is -0.366. The van der Waals surface area contributed by atoms with Gasteiger partial charge in [0.15, 0.2) is 0 Å². The Morgan fingerprint density at radius 2 is 2.00 bits per heavy atom. The molecule has 1 unspecified atom stereocenters. The zero-order valence-corrected chi connectivity index (χ0v) is 5.90. The van der Waals surface area contributed by atoms with Crippen molar-refractivity contribution in [1.82, 2.24) is 0 Å². The second-order valence-electron chi connectivity index (χ2n) is 0.250. The van der Waals surface area contributed by atoms with E-state index in [1.54, 1.807) is 0 Å². The summed E-state index contributed by atoms with van der Waals surface area (Å²) in [4.78, 5) is 0. The van der Waals surface area contributed by atoms with Crippen LogP contribution >= 0.6 is 10.7 Å². The summed E-state index contributed by atoms with van der Waals surface area (Å²) in [7, 11) is 3.11. The monoisotopic (exact) mass is 332 g/mol. The number of halogens is 1. The van der Waals surface area contributed by atoms with Crippen molar-refractivity contribution in [3.63, 3.8) is 0 Å². The molecule has 0 rings (SSSR count). The summed E-state index contributed by atoms with van der Waals surface area (Å²) in [6.45, 7) is 0. The van der Waals surface area contributed by atoms with Crippen molar-refractivity contribution in [3.05, 3.63) is 0 Å². The molecule has 0 aliphatic heterocycles. The second-order valence-corrected chi connectivity index (χ2v) is 2.70. The van der Waals surface area contributed by atoms with Crippen LogP contribution in [0.1, 0.15) is 0 Å². The Morgan fingerprint density at radius 3 is 2.00 bits per heavy atom. The van der Waals surface area contributed by atoms with E-state index in [1.165, 1.54) is 19.3 Å². The molecule has 6 heteroatoms. The second kappa shape index (κ2) is 7.69. The topological polar surface area (TPSA) is 26.3 Å². The van der Waals surface area contributed by atoms with E-state index in [4.69, 9.17) is 10.7 Å². The minimum absolute atomic E-state index is 0. The van der Waals surface area contributed by atoms with Gasteiger partial charge in [0, 0.05) is 0 Å². The van der Waals surface area contributed by atoms with Gasteiger partial charge in [0.25, 0.3) is 0 Å². The first-order valence-electron chi connectivity index (χ1n) is 0.624. The summed E-state index contributed by atoms with van der Waals surface area (Å²) < 4.78 is 13.5. The molecule has 6 heavy (non-hydrogen) atoms. The van der Waals surface area contributed by atoms with Crippen molar-refractivity contribution in [3.8, 4) is 0 Å². The van der Waals surface area contributed by atoms with E-state index in [9.17, 15) is 4.21 Å². The normalized spacial score (nSPS) is 12.5. The van der Waals surface area contributed by atoms with Gasteiger partial charge in [-0.2, -0.15) is 0 Å². The summed E-state index contributed by atoms with van der Waals surface area (Å²) in [5.74, 6) is 0. The third-order valence-corrected chi connectivity index (χ3v) is 2.10. The number of hydrogen-bond donors (Lipinski definition) is 0. The molecule has 0 saturated heterocycles. The zero-order valence-electron chi connectivity index (χ0n) is 1.94. The van der Waals surface area contributed by atoms with Gasteiger partial charge in [-0.3, -0.25) is 0 Å². The van der Waals surface area contributed by atoms with Gasteiger partial charge in [0.1, 0.15) is 0 Å². The number of rotatable bonds is 1. The Bertz CT molecular complexity index is 48.8. The first kappa shape index (κ1) is 11.5. The molecule has 1 atom stereocenters. The summed E-state index contributed by atoms with van der Waals surface area (Å²) in [5, 5.41) is 0. The molecule has 0 N–H and O–H groups in total.